The van der Waals surface area contributed by atoms with E-state index in [4.69, 9.17) is 5.73 Å². The molecule has 2 N–H and O–H groups in total. The first-order valence-corrected chi connectivity index (χ1v) is 8.00. The zero-order valence-electron chi connectivity index (χ0n) is 11.4. The first kappa shape index (κ1) is 14.5. The number of aromatic nitrogens is 2. The fourth-order valence-corrected chi connectivity index (χ4v) is 3.97. The second kappa shape index (κ2) is 6.01. The lowest BCUT2D eigenvalue weighted by Crippen LogP contribution is -1.97. The Bertz CT molecular complexity index is 593. The molecule has 2 rings (SSSR count). The number of nitrogens with zero attached hydrogens (tertiary/aromatic N) is 2. The Labute approximate surface area is 126 Å². The molecule has 102 valence electrons. The summed E-state index contributed by atoms with van der Waals surface area (Å²) in [5.41, 5.74) is 10.1. The Hall–Kier alpha value is -0.940. The largest absolute Gasteiger partial charge is 0.399 e. The van der Waals surface area contributed by atoms with Crippen LogP contribution in [0.25, 0.3) is 0 Å². The van der Waals surface area contributed by atoms with E-state index in [9.17, 15) is 0 Å². The molecule has 0 saturated carbocycles. The van der Waals surface area contributed by atoms with Crippen LogP contribution in [0.5, 0.6) is 0 Å². The van der Waals surface area contributed by atoms with Gasteiger partial charge in [-0.05, 0) is 53.0 Å². The summed E-state index contributed by atoms with van der Waals surface area (Å²) in [5.74, 6) is 0.898. The summed E-state index contributed by atoms with van der Waals surface area (Å²) in [7, 11) is 2.00. The summed E-state index contributed by atoms with van der Waals surface area (Å²) in [6, 6.07) is 6.05. The third-order valence-electron chi connectivity index (χ3n) is 3.07. The molecule has 0 amide bonds. The van der Waals surface area contributed by atoms with Crippen molar-refractivity contribution in [1.82, 2.24) is 9.78 Å². The standard InChI is InChI=1S/C14H18BrN3S/c1-4-11-14(15)12(18(3)17-11)8-19-13-6-5-10(16)7-9(13)2/h5-7H,4,8,16H2,1-3H3. The monoisotopic (exact) mass is 339 g/mol. The van der Waals surface area contributed by atoms with Crippen LogP contribution in [-0.4, -0.2) is 9.78 Å². The summed E-state index contributed by atoms with van der Waals surface area (Å²) in [5, 5.41) is 4.51. The van der Waals surface area contributed by atoms with Crippen molar-refractivity contribution in [2.75, 3.05) is 5.73 Å². The lowest BCUT2D eigenvalue weighted by atomic mass is 10.2. The molecule has 5 heteroatoms. The molecule has 0 saturated heterocycles. The lowest BCUT2D eigenvalue weighted by molar-refractivity contribution is 0.719. The van der Waals surface area contributed by atoms with Crippen LogP contribution in [0.15, 0.2) is 27.6 Å². The highest BCUT2D eigenvalue weighted by Gasteiger charge is 2.13. The summed E-state index contributed by atoms with van der Waals surface area (Å²) in [6.07, 6.45) is 0.944. The van der Waals surface area contributed by atoms with E-state index in [2.05, 4.69) is 40.9 Å². The number of halogens is 1. The number of hydrogen-bond donors (Lipinski definition) is 1. The molecule has 2 aromatic rings. The molecule has 1 aromatic carbocycles. The predicted molar refractivity (Wildman–Crippen MR) is 85.4 cm³/mol. The van der Waals surface area contributed by atoms with Gasteiger partial charge in [-0.15, -0.1) is 11.8 Å². The van der Waals surface area contributed by atoms with Gasteiger partial charge in [0, 0.05) is 23.4 Å². The highest BCUT2D eigenvalue weighted by Crippen LogP contribution is 2.31. The Balaban J connectivity index is 2.16. The smallest absolute Gasteiger partial charge is 0.0767 e. The molecule has 0 spiro atoms. The number of nitrogens with two attached hydrogens (primary N) is 1. The van der Waals surface area contributed by atoms with Crippen LogP contribution >= 0.6 is 27.7 Å². The van der Waals surface area contributed by atoms with Gasteiger partial charge in [-0.3, -0.25) is 4.68 Å². The molecular formula is C14H18BrN3S. The van der Waals surface area contributed by atoms with Crippen LogP contribution in [0, 0.1) is 6.92 Å². The van der Waals surface area contributed by atoms with Gasteiger partial charge in [-0.2, -0.15) is 5.10 Å². The van der Waals surface area contributed by atoms with E-state index in [1.54, 1.807) is 0 Å². The Morgan fingerprint density at radius 2 is 2.16 bits per heavy atom. The number of nitrogen functional groups attached to an aromatic ring is 1. The molecule has 0 aliphatic rings. The molecule has 0 unspecified atom stereocenters. The van der Waals surface area contributed by atoms with Gasteiger partial charge in [0.05, 0.1) is 15.9 Å². The zero-order valence-corrected chi connectivity index (χ0v) is 13.8. The van der Waals surface area contributed by atoms with Crippen molar-refractivity contribution < 1.29 is 0 Å². The molecule has 0 radical (unpaired) electrons. The van der Waals surface area contributed by atoms with E-state index < -0.39 is 0 Å². The highest BCUT2D eigenvalue weighted by molar-refractivity contribution is 9.10. The second-order valence-electron chi connectivity index (χ2n) is 4.50. The number of aryl methyl sites for hydroxylation is 3. The summed E-state index contributed by atoms with van der Waals surface area (Å²) < 4.78 is 3.10. The minimum absolute atomic E-state index is 0.817. The van der Waals surface area contributed by atoms with Crippen molar-refractivity contribution in [2.24, 2.45) is 7.05 Å². The molecule has 1 heterocycles. The molecule has 0 aliphatic heterocycles. The van der Waals surface area contributed by atoms with Gasteiger partial charge in [0.15, 0.2) is 0 Å². The van der Waals surface area contributed by atoms with Gasteiger partial charge in [0.25, 0.3) is 0 Å². The summed E-state index contributed by atoms with van der Waals surface area (Å²) in [4.78, 5) is 1.26. The van der Waals surface area contributed by atoms with Crippen molar-refractivity contribution in [2.45, 2.75) is 30.9 Å². The van der Waals surface area contributed by atoms with Gasteiger partial charge < -0.3 is 5.73 Å². The average molecular weight is 340 g/mol. The Morgan fingerprint density at radius 3 is 2.74 bits per heavy atom. The zero-order chi connectivity index (χ0) is 14.0. The molecule has 0 fully saturated rings. The molecule has 1 aromatic heterocycles. The van der Waals surface area contributed by atoms with Crippen LogP contribution < -0.4 is 5.73 Å². The van der Waals surface area contributed by atoms with Crippen LogP contribution in [0.1, 0.15) is 23.9 Å². The molecule has 0 aliphatic carbocycles. The maximum absolute atomic E-state index is 5.77. The van der Waals surface area contributed by atoms with E-state index in [1.165, 1.54) is 16.2 Å². The third-order valence-corrected chi connectivity index (χ3v) is 5.17. The van der Waals surface area contributed by atoms with Crippen molar-refractivity contribution in [3.63, 3.8) is 0 Å². The number of anilines is 1. The fraction of sp³-hybridized carbons (Fsp3) is 0.357. The predicted octanol–water partition coefficient (Wildman–Crippen LogP) is 3.93. The van der Waals surface area contributed by atoms with Gasteiger partial charge in [-0.1, -0.05) is 6.92 Å². The highest BCUT2D eigenvalue weighted by atomic mass is 79.9. The van der Waals surface area contributed by atoms with E-state index in [1.807, 2.05) is 35.6 Å². The van der Waals surface area contributed by atoms with Crippen molar-refractivity contribution in [3.05, 3.63) is 39.6 Å². The maximum atomic E-state index is 5.77. The number of rotatable bonds is 4. The fourth-order valence-electron chi connectivity index (χ4n) is 1.96. The Kier molecular flexibility index (Phi) is 4.58. The third kappa shape index (κ3) is 3.15. The van der Waals surface area contributed by atoms with Crippen LogP contribution in [0.3, 0.4) is 0 Å². The summed E-state index contributed by atoms with van der Waals surface area (Å²) in [6.45, 7) is 4.21. The normalized spacial score (nSPS) is 10.9. The van der Waals surface area contributed by atoms with Crippen molar-refractivity contribution in [1.29, 1.82) is 0 Å². The molecule has 19 heavy (non-hydrogen) atoms. The minimum Gasteiger partial charge on any atom is -0.399 e. The van der Waals surface area contributed by atoms with Crippen molar-refractivity contribution >= 4 is 33.4 Å². The first-order chi connectivity index (χ1) is 9.02. The van der Waals surface area contributed by atoms with E-state index in [-0.39, 0.29) is 0 Å². The molecule has 0 bridgehead atoms. The summed E-state index contributed by atoms with van der Waals surface area (Å²) >= 11 is 5.46. The minimum atomic E-state index is 0.817. The SMILES string of the molecule is CCc1nn(C)c(CSc2ccc(N)cc2C)c1Br. The average Bonchev–Trinajstić information content (AvgIpc) is 2.64. The first-order valence-electron chi connectivity index (χ1n) is 6.22. The molecular weight excluding hydrogens is 322 g/mol. The van der Waals surface area contributed by atoms with Crippen molar-refractivity contribution in [3.8, 4) is 0 Å². The van der Waals surface area contributed by atoms with Crippen LogP contribution in [-0.2, 0) is 19.2 Å². The van der Waals surface area contributed by atoms with Gasteiger partial charge >= 0.3 is 0 Å². The van der Waals surface area contributed by atoms with Gasteiger partial charge in [0.2, 0.25) is 0 Å². The Morgan fingerprint density at radius 1 is 1.42 bits per heavy atom. The molecule has 3 nitrogen and oxygen atoms in total. The van der Waals surface area contributed by atoms with E-state index in [0.29, 0.717) is 0 Å². The number of hydrogen-bond acceptors (Lipinski definition) is 3. The lowest BCUT2D eigenvalue weighted by Gasteiger charge is -2.07. The molecule has 0 atom stereocenters. The van der Waals surface area contributed by atoms with Crippen LogP contribution in [0.4, 0.5) is 5.69 Å². The quantitative estimate of drug-likeness (QED) is 0.677. The van der Waals surface area contributed by atoms with Gasteiger partial charge in [-0.25, -0.2) is 0 Å². The van der Waals surface area contributed by atoms with E-state index >= 15 is 0 Å². The van der Waals surface area contributed by atoms with E-state index in [0.717, 1.165) is 28.0 Å². The number of benzene rings is 1. The number of thioether (sulfide) groups is 1. The van der Waals surface area contributed by atoms with Crippen LogP contribution in [0.2, 0.25) is 0 Å². The second-order valence-corrected chi connectivity index (χ2v) is 6.31. The topological polar surface area (TPSA) is 43.8 Å². The van der Waals surface area contributed by atoms with Gasteiger partial charge in [0.1, 0.15) is 0 Å². The maximum Gasteiger partial charge on any atom is 0.0767 e.